The molecule has 0 bridgehead atoms. The fraction of sp³-hybridized carbons (Fsp3) is 0.619. The summed E-state index contributed by atoms with van der Waals surface area (Å²) < 4.78 is 17.9. The number of nitriles is 1. The van der Waals surface area contributed by atoms with E-state index in [0.29, 0.717) is 25.4 Å². The first-order chi connectivity index (χ1) is 13.7. The molecular weight excluding hydrogens is 358 g/mol. The molecule has 4 atom stereocenters. The number of hydrogen-bond acceptors (Lipinski definition) is 5. The number of amides is 2. The van der Waals surface area contributed by atoms with Crippen LogP contribution in [0.4, 0.5) is 4.79 Å². The number of hydrogen-bond donors (Lipinski definition) is 2. The van der Waals surface area contributed by atoms with Gasteiger partial charge >= 0.3 is 6.03 Å². The number of benzene rings is 1. The molecule has 2 aliphatic heterocycles. The number of nitrogens with zero attached hydrogens (tertiary/aromatic N) is 1. The second-order valence-corrected chi connectivity index (χ2v) is 7.79. The molecule has 2 amide bonds. The van der Waals surface area contributed by atoms with E-state index in [0.717, 1.165) is 18.4 Å². The molecule has 3 fully saturated rings. The van der Waals surface area contributed by atoms with Crippen molar-refractivity contribution in [2.45, 2.75) is 68.9 Å². The predicted molar refractivity (Wildman–Crippen MR) is 102 cm³/mol. The van der Waals surface area contributed by atoms with Gasteiger partial charge in [-0.25, -0.2) is 4.79 Å². The van der Waals surface area contributed by atoms with Crippen LogP contribution in [0.3, 0.4) is 0 Å². The van der Waals surface area contributed by atoms with Crippen molar-refractivity contribution in [3.05, 3.63) is 29.8 Å². The van der Waals surface area contributed by atoms with Gasteiger partial charge in [0.15, 0.2) is 6.10 Å². The molecule has 2 saturated heterocycles. The topological polar surface area (TPSA) is 92.6 Å². The summed E-state index contributed by atoms with van der Waals surface area (Å²) in [5.41, 5.74) is 0.918. The summed E-state index contributed by atoms with van der Waals surface area (Å²) in [6, 6.07) is 9.63. The molecule has 0 spiro atoms. The summed E-state index contributed by atoms with van der Waals surface area (Å²) in [5, 5.41) is 14.9. The van der Waals surface area contributed by atoms with E-state index in [1.165, 1.54) is 19.3 Å². The minimum Gasteiger partial charge on any atom is -0.485 e. The lowest BCUT2D eigenvalue weighted by Crippen LogP contribution is -2.51. The van der Waals surface area contributed by atoms with Crippen LogP contribution in [0.25, 0.3) is 0 Å². The van der Waals surface area contributed by atoms with E-state index in [-0.39, 0.29) is 36.4 Å². The third-order valence-corrected chi connectivity index (χ3v) is 5.73. The van der Waals surface area contributed by atoms with Crippen LogP contribution in [-0.2, 0) is 15.9 Å². The zero-order valence-electron chi connectivity index (χ0n) is 15.9. The van der Waals surface area contributed by atoms with Gasteiger partial charge < -0.3 is 24.8 Å². The van der Waals surface area contributed by atoms with E-state index in [9.17, 15) is 4.79 Å². The Labute approximate surface area is 165 Å². The van der Waals surface area contributed by atoms with Crippen LogP contribution in [-0.4, -0.2) is 49.6 Å². The minimum atomic E-state index is -0.226. The SMILES string of the molecule is N#CCc1cccc(O[C@H]2CO[C@H]3[C@@H]2OC[C@@H]3NC(=O)NC2CCCCC2)c1. The Morgan fingerprint density at radius 1 is 1.14 bits per heavy atom. The first kappa shape index (κ1) is 19.0. The van der Waals surface area contributed by atoms with Crippen LogP contribution in [0.5, 0.6) is 5.75 Å². The van der Waals surface area contributed by atoms with Gasteiger partial charge in [0.1, 0.15) is 18.0 Å². The van der Waals surface area contributed by atoms with Gasteiger partial charge in [-0.1, -0.05) is 31.4 Å². The number of nitrogens with one attached hydrogen (secondary N) is 2. The second-order valence-electron chi connectivity index (χ2n) is 7.79. The third kappa shape index (κ3) is 4.40. The summed E-state index contributed by atoms with van der Waals surface area (Å²) in [4.78, 5) is 12.3. The molecule has 1 saturated carbocycles. The maximum atomic E-state index is 12.3. The van der Waals surface area contributed by atoms with Crippen molar-refractivity contribution in [1.29, 1.82) is 5.26 Å². The summed E-state index contributed by atoms with van der Waals surface area (Å²) in [5.74, 6) is 0.706. The van der Waals surface area contributed by atoms with Gasteiger partial charge in [0.05, 0.1) is 31.7 Å². The normalized spacial score (nSPS) is 29.7. The highest BCUT2D eigenvalue weighted by atomic mass is 16.6. The zero-order chi connectivity index (χ0) is 19.3. The van der Waals surface area contributed by atoms with Crippen LogP contribution in [0.1, 0.15) is 37.7 Å². The Morgan fingerprint density at radius 3 is 2.79 bits per heavy atom. The Morgan fingerprint density at radius 2 is 1.96 bits per heavy atom. The number of ether oxygens (including phenoxy) is 3. The lowest BCUT2D eigenvalue weighted by molar-refractivity contribution is 0.0303. The number of rotatable bonds is 5. The van der Waals surface area contributed by atoms with Crippen molar-refractivity contribution in [3.8, 4) is 11.8 Å². The van der Waals surface area contributed by atoms with E-state index in [1.807, 2.05) is 24.3 Å². The molecule has 4 rings (SSSR count). The Hall–Kier alpha value is -2.30. The van der Waals surface area contributed by atoms with Crippen LogP contribution in [0, 0.1) is 11.3 Å². The molecule has 2 N–H and O–H groups in total. The Kier molecular flexibility index (Phi) is 5.98. The molecule has 2 heterocycles. The average Bonchev–Trinajstić information content (AvgIpc) is 3.27. The highest BCUT2D eigenvalue weighted by molar-refractivity contribution is 5.74. The van der Waals surface area contributed by atoms with E-state index in [1.54, 1.807) is 0 Å². The Balaban J connectivity index is 1.30. The van der Waals surface area contributed by atoms with Gasteiger partial charge in [0.2, 0.25) is 0 Å². The molecule has 3 aliphatic rings. The van der Waals surface area contributed by atoms with Gasteiger partial charge in [-0.2, -0.15) is 5.26 Å². The average molecular weight is 385 g/mol. The highest BCUT2D eigenvalue weighted by Gasteiger charge is 2.49. The van der Waals surface area contributed by atoms with Crippen LogP contribution in [0.2, 0.25) is 0 Å². The summed E-state index contributed by atoms with van der Waals surface area (Å²) in [6.07, 6.45) is 5.44. The zero-order valence-corrected chi connectivity index (χ0v) is 15.9. The Bertz CT molecular complexity index is 729. The van der Waals surface area contributed by atoms with E-state index in [4.69, 9.17) is 19.5 Å². The van der Waals surface area contributed by atoms with Crippen LogP contribution in [0.15, 0.2) is 24.3 Å². The molecule has 1 aliphatic carbocycles. The first-order valence-electron chi connectivity index (χ1n) is 10.2. The van der Waals surface area contributed by atoms with Crippen molar-refractivity contribution in [2.75, 3.05) is 13.2 Å². The highest BCUT2D eigenvalue weighted by Crippen LogP contribution is 2.30. The maximum absolute atomic E-state index is 12.3. The summed E-state index contributed by atoms with van der Waals surface area (Å²) in [6.45, 7) is 0.835. The number of urea groups is 1. The van der Waals surface area contributed by atoms with Gasteiger partial charge in [0, 0.05) is 6.04 Å². The minimum absolute atomic E-state index is 0.140. The van der Waals surface area contributed by atoms with Crippen molar-refractivity contribution >= 4 is 6.03 Å². The molecule has 1 aromatic carbocycles. The summed E-state index contributed by atoms with van der Waals surface area (Å²) in [7, 11) is 0. The van der Waals surface area contributed by atoms with E-state index < -0.39 is 0 Å². The first-order valence-corrected chi connectivity index (χ1v) is 10.2. The lowest BCUT2D eigenvalue weighted by atomic mass is 9.96. The number of fused-ring (bicyclic) bond motifs is 1. The number of carbonyl (C=O) groups excluding carboxylic acids is 1. The van der Waals surface area contributed by atoms with Crippen molar-refractivity contribution in [2.24, 2.45) is 0 Å². The fourth-order valence-electron chi connectivity index (χ4n) is 4.33. The molecule has 1 aromatic rings. The van der Waals surface area contributed by atoms with E-state index in [2.05, 4.69) is 16.7 Å². The molecule has 0 unspecified atom stereocenters. The maximum Gasteiger partial charge on any atom is 0.315 e. The smallest absolute Gasteiger partial charge is 0.315 e. The molecule has 28 heavy (non-hydrogen) atoms. The second kappa shape index (κ2) is 8.80. The van der Waals surface area contributed by atoms with Gasteiger partial charge in [-0.05, 0) is 30.5 Å². The molecular formula is C21H27N3O4. The quantitative estimate of drug-likeness (QED) is 0.811. The largest absolute Gasteiger partial charge is 0.485 e. The van der Waals surface area contributed by atoms with Crippen molar-refractivity contribution in [3.63, 3.8) is 0 Å². The monoisotopic (exact) mass is 385 g/mol. The van der Waals surface area contributed by atoms with Crippen molar-refractivity contribution < 1.29 is 19.0 Å². The van der Waals surface area contributed by atoms with Crippen LogP contribution >= 0.6 is 0 Å². The van der Waals surface area contributed by atoms with Gasteiger partial charge in [-0.3, -0.25) is 0 Å². The molecule has 7 nitrogen and oxygen atoms in total. The fourth-order valence-corrected chi connectivity index (χ4v) is 4.33. The molecule has 150 valence electrons. The van der Waals surface area contributed by atoms with Crippen molar-refractivity contribution in [1.82, 2.24) is 10.6 Å². The van der Waals surface area contributed by atoms with Gasteiger partial charge in [0.25, 0.3) is 0 Å². The third-order valence-electron chi connectivity index (χ3n) is 5.73. The van der Waals surface area contributed by atoms with E-state index >= 15 is 0 Å². The molecule has 7 heteroatoms. The molecule has 0 radical (unpaired) electrons. The molecule has 0 aromatic heterocycles. The van der Waals surface area contributed by atoms with Crippen LogP contribution < -0.4 is 15.4 Å². The standard InChI is InChI=1S/C21H27N3O4/c22-10-9-14-5-4-8-16(11-14)28-18-13-27-19-17(12-26-20(18)19)24-21(25)23-15-6-2-1-3-7-15/h4-5,8,11,15,17-20H,1-3,6-7,9,12-13H2,(H2,23,24,25)/t17-,18-,19+,20+/m0/s1. The number of carbonyl (C=O) groups is 1. The summed E-state index contributed by atoms with van der Waals surface area (Å²) >= 11 is 0. The predicted octanol–water partition coefficient (Wildman–Crippen LogP) is 2.30. The van der Waals surface area contributed by atoms with Gasteiger partial charge in [-0.15, -0.1) is 0 Å². The lowest BCUT2D eigenvalue weighted by Gasteiger charge is -2.24.